The summed E-state index contributed by atoms with van der Waals surface area (Å²) in [6.45, 7) is 6.60. The minimum absolute atomic E-state index is 0.0437. The Morgan fingerprint density at radius 3 is 2.65 bits per heavy atom. The SMILES string of the molecule is CCOc1c(Br)cc(Br)cc1/C=C(/C)C(C)N. The van der Waals surface area contributed by atoms with Crippen molar-refractivity contribution in [3.05, 3.63) is 32.2 Å². The predicted octanol–water partition coefficient (Wildman–Crippen LogP) is 4.36. The second-order valence-electron chi connectivity index (χ2n) is 3.92. The van der Waals surface area contributed by atoms with Gasteiger partial charge < -0.3 is 10.5 Å². The number of benzene rings is 1. The highest BCUT2D eigenvalue weighted by atomic mass is 79.9. The molecule has 0 spiro atoms. The molecular weight excluding hydrogens is 346 g/mol. The van der Waals surface area contributed by atoms with E-state index in [0.717, 1.165) is 25.8 Å². The normalized spacial score (nSPS) is 13.6. The molecule has 0 aliphatic carbocycles. The van der Waals surface area contributed by atoms with Gasteiger partial charge in [-0.15, -0.1) is 0 Å². The van der Waals surface area contributed by atoms with E-state index in [-0.39, 0.29) is 6.04 Å². The number of nitrogens with two attached hydrogens (primary N) is 1. The van der Waals surface area contributed by atoms with Gasteiger partial charge >= 0.3 is 0 Å². The summed E-state index contributed by atoms with van der Waals surface area (Å²) < 4.78 is 7.60. The smallest absolute Gasteiger partial charge is 0.140 e. The van der Waals surface area contributed by atoms with Crippen LogP contribution in [-0.2, 0) is 0 Å². The first-order valence-electron chi connectivity index (χ1n) is 5.51. The Morgan fingerprint density at radius 1 is 1.47 bits per heavy atom. The van der Waals surface area contributed by atoms with Crippen LogP contribution in [0, 0.1) is 0 Å². The van der Waals surface area contributed by atoms with E-state index in [2.05, 4.69) is 37.9 Å². The molecule has 0 bridgehead atoms. The van der Waals surface area contributed by atoms with Gasteiger partial charge in [-0.05, 0) is 48.8 Å². The van der Waals surface area contributed by atoms with E-state index in [9.17, 15) is 0 Å². The third kappa shape index (κ3) is 4.12. The Morgan fingerprint density at radius 2 is 2.12 bits per heavy atom. The zero-order chi connectivity index (χ0) is 13.0. The fourth-order valence-corrected chi connectivity index (χ4v) is 2.73. The van der Waals surface area contributed by atoms with Crippen LogP contribution in [0.5, 0.6) is 5.75 Å². The van der Waals surface area contributed by atoms with Crippen LogP contribution in [0.4, 0.5) is 0 Å². The first kappa shape index (κ1) is 14.7. The maximum Gasteiger partial charge on any atom is 0.140 e. The van der Waals surface area contributed by atoms with Crippen molar-refractivity contribution in [1.29, 1.82) is 0 Å². The molecule has 0 radical (unpaired) electrons. The molecule has 0 heterocycles. The number of ether oxygens (including phenoxy) is 1. The average molecular weight is 363 g/mol. The lowest BCUT2D eigenvalue weighted by Crippen LogP contribution is -2.15. The number of hydrogen-bond donors (Lipinski definition) is 1. The van der Waals surface area contributed by atoms with Crippen LogP contribution in [0.15, 0.2) is 26.7 Å². The molecular formula is C13H17Br2NO. The van der Waals surface area contributed by atoms with Crippen molar-refractivity contribution in [1.82, 2.24) is 0 Å². The van der Waals surface area contributed by atoms with Crippen LogP contribution in [0.3, 0.4) is 0 Å². The van der Waals surface area contributed by atoms with Gasteiger partial charge in [-0.25, -0.2) is 0 Å². The van der Waals surface area contributed by atoms with Crippen LogP contribution >= 0.6 is 31.9 Å². The summed E-state index contributed by atoms with van der Waals surface area (Å²) >= 11 is 6.99. The van der Waals surface area contributed by atoms with Gasteiger partial charge in [0.25, 0.3) is 0 Å². The van der Waals surface area contributed by atoms with E-state index in [1.54, 1.807) is 0 Å². The quantitative estimate of drug-likeness (QED) is 0.863. The summed E-state index contributed by atoms with van der Waals surface area (Å²) in [6, 6.07) is 4.05. The van der Waals surface area contributed by atoms with Gasteiger partial charge in [-0.2, -0.15) is 0 Å². The molecule has 1 aromatic carbocycles. The van der Waals surface area contributed by atoms with E-state index in [1.807, 2.05) is 32.9 Å². The number of hydrogen-bond acceptors (Lipinski definition) is 2. The molecule has 4 heteroatoms. The number of rotatable bonds is 4. The average Bonchev–Trinajstić information content (AvgIpc) is 2.22. The highest BCUT2D eigenvalue weighted by Crippen LogP contribution is 2.34. The van der Waals surface area contributed by atoms with E-state index in [4.69, 9.17) is 10.5 Å². The summed E-state index contributed by atoms with van der Waals surface area (Å²) in [6.07, 6.45) is 2.06. The predicted molar refractivity (Wildman–Crippen MR) is 80.3 cm³/mol. The maximum atomic E-state index is 5.85. The van der Waals surface area contributed by atoms with Gasteiger partial charge in [0.2, 0.25) is 0 Å². The molecule has 0 aliphatic heterocycles. The van der Waals surface area contributed by atoms with E-state index in [1.165, 1.54) is 0 Å². The molecule has 2 nitrogen and oxygen atoms in total. The molecule has 1 atom stereocenters. The standard InChI is InChI=1S/C13H17Br2NO/c1-4-17-13-10(5-8(2)9(3)16)6-11(14)7-12(13)15/h5-7,9H,4,16H2,1-3H3/b8-5-. The maximum absolute atomic E-state index is 5.85. The zero-order valence-corrected chi connectivity index (χ0v) is 13.4. The lowest BCUT2D eigenvalue weighted by molar-refractivity contribution is 0.337. The summed E-state index contributed by atoms with van der Waals surface area (Å²) in [5.74, 6) is 0.857. The molecule has 0 aliphatic rings. The van der Waals surface area contributed by atoms with Crippen LogP contribution in [-0.4, -0.2) is 12.6 Å². The van der Waals surface area contributed by atoms with Crippen molar-refractivity contribution in [2.45, 2.75) is 26.8 Å². The first-order valence-corrected chi connectivity index (χ1v) is 7.10. The number of halogens is 2. The molecule has 1 unspecified atom stereocenters. The van der Waals surface area contributed by atoms with Gasteiger partial charge in [-0.3, -0.25) is 0 Å². The summed E-state index contributed by atoms with van der Waals surface area (Å²) in [7, 11) is 0. The van der Waals surface area contributed by atoms with Gasteiger partial charge in [0, 0.05) is 16.1 Å². The summed E-state index contributed by atoms with van der Waals surface area (Å²) in [5, 5.41) is 0. The molecule has 0 amide bonds. The molecule has 0 saturated heterocycles. The molecule has 2 N–H and O–H groups in total. The fraction of sp³-hybridized carbons (Fsp3) is 0.385. The molecule has 94 valence electrons. The van der Waals surface area contributed by atoms with Crippen molar-refractivity contribution in [3.8, 4) is 5.75 Å². The topological polar surface area (TPSA) is 35.2 Å². The van der Waals surface area contributed by atoms with Crippen molar-refractivity contribution in [2.24, 2.45) is 5.73 Å². The van der Waals surface area contributed by atoms with Crippen LogP contribution < -0.4 is 10.5 Å². The Labute approximate surface area is 119 Å². The van der Waals surface area contributed by atoms with Crippen LogP contribution in [0.25, 0.3) is 6.08 Å². The zero-order valence-electron chi connectivity index (χ0n) is 10.3. The van der Waals surface area contributed by atoms with Gasteiger partial charge in [0.1, 0.15) is 5.75 Å². The van der Waals surface area contributed by atoms with Crippen molar-refractivity contribution >= 4 is 37.9 Å². The lowest BCUT2D eigenvalue weighted by atomic mass is 10.1. The fourth-order valence-electron chi connectivity index (χ4n) is 1.36. The van der Waals surface area contributed by atoms with Gasteiger partial charge in [0.05, 0.1) is 11.1 Å². The van der Waals surface area contributed by atoms with Crippen molar-refractivity contribution in [3.63, 3.8) is 0 Å². The highest BCUT2D eigenvalue weighted by Gasteiger charge is 2.09. The second-order valence-corrected chi connectivity index (χ2v) is 5.69. The van der Waals surface area contributed by atoms with Crippen molar-refractivity contribution < 1.29 is 4.74 Å². The lowest BCUT2D eigenvalue weighted by Gasteiger charge is -2.12. The van der Waals surface area contributed by atoms with Crippen LogP contribution in [0.2, 0.25) is 0 Å². The molecule has 0 aromatic heterocycles. The highest BCUT2D eigenvalue weighted by molar-refractivity contribution is 9.11. The van der Waals surface area contributed by atoms with Gasteiger partial charge in [-0.1, -0.05) is 27.6 Å². The monoisotopic (exact) mass is 361 g/mol. The minimum Gasteiger partial charge on any atom is -0.492 e. The molecule has 0 fully saturated rings. The Bertz CT molecular complexity index is 428. The Balaban J connectivity index is 3.25. The van der Waals surface area contributed by atoms with Gasteiger partial charge in [0.15, 0.2) is 0 Å². The first-order chi connectivity index (χ1) is 7.95. The molecule has 1 rings (SSSR count). The Kier molecular flexibility index (Phi) is 5.70. The molecule has 1 aromatic rings. The Hall–Kier alpha value is -0.320. The minimum atomic E-state index is 0.0437. The van der Waals surface area contributed by atoms with Crippen LogP contribution in [0.1, 0.15) is 26.3 Å². The largest absolute Gasteiger partial charge is 0.492 e. The molecule has 17 heavy (non-hydrogen) atoms. The molecule has 0 saturated carbocycles. The van der Waals surface area contributed by atoms with Crippen molar-refractivity contribution in [2.75, 3.05) is 6.61 Å². The second kappa shape index (κ2) is 6.57. The van der Waals surface area contributed by atoms with E-state index < -0.39 is 0 Å². The third-order valence-corrected chi connectivity index (χ3v) is 3.47. The summed E-state index contributed by atoms with van der Waals surface area (Å²) in [5.41, 5.74) is 8.00. The summed E-state index contributed by atoms with van der Waals surface area (Å²) in [4.78, 5) is 0. The van der Waals surface area contributed by atoms with E-state index >= 15 is 0 Å². The van der Waals surface area contributed by atoms with E-state index in [0.29, 0.717) is 6.61 Å². The third-order valence-electron chi connectivity index (χ3n) is 2.43.